The Morgan fingerprint density at radius 1 is 1.30 bits per heavy atom. The zero-order valence-electron chi connectivity index (χ0n) is 11.8. The number of carbonyl (C=O) groups is 2. The van der Waals surface area contributed by atoms with Gasteiger partial charge in [-0.05, 0) is 43.0 Å². The van der Waals surface area contributed by atoms with Crippen LogP contribution in [-0.4, -0.2) is 29.7 Å². The van der Waals surface area contributed by atoms with Crippen molar-refractivity contribution in [1.29, 1.82) is 0 Å². The summed E-state index contributed by atoms with van der Waals surface area (Å²) < 4.78 is 12.8. The van der Waals surface area contributed by atoms with Crippen molar-refractivity contribution in [1.82, 2.24) is 4.90 Å². The molecule has 0 radical (unpaired) electrons. The van der Waals surface area contributed by atoms with Gasteiger partial charge >= 0.3 is 0 Å². The quantitative estimate of drug-likeness (QED) is 0.793. The lowest BCUT2D eigenvalue weighted by Crippen LogP contribution is -2.35. The summed E-state index contributed by atoms with van der Waals surface area (Å²) in [5.41, 5.74) is 0.454. The molecule has 1 amide bonds. The second-order valence-corrected chi connectivity index (χ2v) is 5.35. The number of hydrogen-bond donors (Lipinski definition) is 0. The van der Waals surface area contributed by atoms with Crippen molar-refractivity contribution in [2.24, 2.45) is 5.92 Å². The van der Waals surface area contributed by atoms with E-state index in [-0.39, 0.29) is 24.1 Å². The van der Waals surface area contributed by atoms with E-state index in [1.807, 2.05) is 0 Å². The monoisotopic (exact) mass is 277 g/mol. The van der Waals surface area contributed by atoms with Crippen molar-refractivity contribution in [3.8, 4) is 0 Å². The highest BCUT2D eigenvalue weighted by molar-refractivity contribution is 5.99. The fourth-order valence-corrected chi connectivity index (χ4v) is 2.57. The molecule has 0 bridgehead atoms. The molecule has 1 aliphatic heterocycles. The van der Waals surface area contributed by atoms with E-state index < -0.39 is 0 Å². The van der Waals surface area contributed by atoms with E-state index in [2.05, 4.69) is 6.92 Å². The molecule has 1 aromatic carbocycles. The lowest BCUT2D eigenvalue weighted by Gasteiger charge is -2.20. The minimum absolute atomic E-state index is 0.0522. The van der Waals surface area contributed by atoms with Gasteiger partial charge in [0, 0.05) is 18.5 Å². The number of hydrogen-bond acceptors (Lipinski definition) is 2. The maximum atomic E-state index is 12.8. The summed E-state index contributed by atoms with van der Waals surface area (Å²) in [6.07, 6.45) is 3.47. The van der Waals surface area contributed by atoms with Gasteiger partial charge in [0.05, 0.1) is 6.54 Å². The highest BCUT2D eigenvalue weighted by Gasteiger charge is 2.23. The SMILES string of the molecule is CCC1CCC(=O)N(CC(=O)c2ccc(F)cc2)CC1. The number of halogens is 1. The average molecular weight is 277 g/mol. The topological polar surface area (TPSA) is 37.4 Å². The van der Waals surface area contributed by atoms with Crippen LogP contribution in [0.3, 0.4) is 0 Å². The van der Waals surface area contributed by atoms with E-state index in [9.17, 15) is 14.0 Å². The van der Waals surface area contributed by atoms with E-state index in [1.54, 1.807) is 4.90 Å². The molecule has 3 nitrogen and oxygen atoms in total. The van der Waals surface area contributed by atoms with Gasteiger partial charge in [0.15, 0.2) is 5.78 Å². The molecule has 0 N–H and O–H groups in total. The first kappa shape index (κ1) is 14.7. The fraction of sp³-hybridized carbons (Fsp3) is 0.500. The predicted octanol–water partition coefficient (Wildman–Crippen LogP) is 3.05. The van der Waals surface area contributed by atoms with Crippen LogP contribution in [0.1, 0.15) is 43.0 Å². The highest BCUT2D eigenvalue weighted by atomic mass is 19.1. The predicted molar refractivity (Wildman–Crippen MR) is 74.9 cm³/mol. The molecule has 1 fully saturated rings. The van der Waals surface area contributed by atoms with Crippen LogP contribution in [0.2, 0.25) is 0 Å². The van der Waals surface area contributed by atoms with Gasteiger partial charge in [0.1, 0.15) is 5.82 Å². The Morgan fingerprint density at radius 3 is 2.65 bits per heavy atom. The average Bonchev–Trinajstić information content (AvgIpc) is 2.62. The molecule has 108 valence electrons. The first-order valence-electron chi connectivity index (χ1n) is 7.16. The van der Waals surface area contributed by atoms with E-state index in [4.69, 9.17) is 0 Å². The third-order valence-electron chi connectivity index (χ3n) is 4.00. The van der Waals surface area contributed by atoms with Crippen molar-refractivity contribution in [3.05, 3.63) is 35.6 Å². The number of likely N-dealkylation sites (tertiary alicyclic amines) is 1. The van der Waals surface area contributed by atoms with E-state index in [0.29, 0.717) is 24.4 Å². The number of nitrogens with zero attached hydrogens (tertiary/aromatic N) is 1. The van der Waals surface area contributed by atoms with Gasteiger partial charge in [0.25, 0.3) is 0 Å². The van der Waals surface area contributed by atoms with Gasteiger partial charge < -0.3 is 4.90 Å². The summed E-state index contributed by atoms with van der Waals surface area (Å²) in [5, 5.41) is 0. The van der Waals surface area contributed by atoms with Crippen molar-refractivity contribution in [2.45, 2.75) is 32.6 Å². The van der Waals surface area contributed by atoms with Gasteiger partial charge in [-0.2, -0.15) is 0 Å². The second kappa shape index (κ2) is 6.64. The Kier molecular flexibility index (Phi) is 4.88. The summed E-state index contributed by atoms with van der Waals surface area (Å²) in [6, 6.07) is 5.47. The molecule has 0 spiro atoms. The molecule has 1 aliphatic rings. The largest absolute Gasteiger partial charge is 0.335 e. The van der Waals surface area contributed by atoms with Crippen LogP contribution >= 0.6 is 0 Å². The Bertz CT molecular complexity index is 484. The van der Waals surface area contributed by atoms with Crippen LogP contribution < -0.4 is 0 Å². The van der Waals surface area contributed by atoms with Gasteiger partial charge in [-0.15, -0.1) is 0 Å². The molecule has 0 aliphatic carbocycles. The van der Waals surface area contributed by atoms with Crippen LogP contribution in [0.4, 0.5) is 4.39 Å². The molecule has 0 saturated carbocycles. The minimum Gasteiger partial charge on any atom is -0.335 e. The lowest BCUT2D eigenvalue weighted by atomic mass is 9.98. The number of amides is 1. The molecule has 1 saturated heterocycles. The number of rotatable bonds is 4. The molecular formula is C16H20FNO2. The number of benzene rings is 1. The highest BCUT2D eigenvalue weighted by Crippen LogP contribution is 2.21. The Balaban J connectivity index is 1.99. The van der Waals surface area contributed by atoms with Crippen molar-refractivity contribution >= 4 is 11.7 Å². The molecule has 20 heavy (non-hydrogen) atoms. The Morgan fingerprint density at radius 2 is 2.00 bits per heavy atom. The van der Waals surface area contributed by atoms with Gasteiger partial charge in [-0.1, -0.05) is 13.3 Å². The van der Waals surface area contributed by atoms with Crippen molar-refractivity contribution < 1.29 is 14.0 Å². The summed E-state index contributed by atoms with van der Waals surface area (Å²) >= 11 is 0. The maximum absolute atomic E-state index is 12.8. The van der Waals surface area contributed by atoms with Crippen molar-refractivity contribution in [3.63, 3.8) is 0 Å². The van der Waals surface area contributed by atoms with Crippen LogP contribution in [0, 0.1) is 11.7 Å². The molecular weight excluding hydrogens is 257 g/mol. The van der Waals surface area contributed by atoms with Gasteiger partial charge in [-0.25, -0.2) is 4.39 Å². The summed E-state index contributed by atoms with van der Waals surface area (Å²) in [4.78, 5) is 25.8. The molecule has 0 aromatic heterocycles. The lowest BCUT2D eigenvalue weighted by molar-refractivity contribution is -0.130. The summed E-state index contributed by atoms with van der Waals surface area (Å²) in [5.74, 6) is 0.132. The normalized spacial score (nSPS) is 19.8. The van der Waals surface area contributed by atoms with Crippen LogP contribution in [0.15, 0.2) is 24.3 Å². The second-order valence-electron chi connectivity index (χ2n) is 5.35. The smallest absolute Gasteiger partial charge is 0.222 e. The third kappa shape index (κ3) is 3.65. The Labute approximate surface area is 118 Å². The van der Waals surface area contributed by atoms with E-state index in [1.165, 1.54) is 24.3 Å². The maximum Gasteiger partial charge on any atom is 0.222 e. The van der Waals surface area contributed by atoms with Crippen LogP contribution in [0.5, 0.6) is 0 Å². The minimum atomic E-state index is -0.363. The molecule has 2 rings (SSSR count). The zero-order chi connectivity index (χ0) is 14.5. The number of Topliss-reactive ketones (excluding diaryl/α,β-unsaturated/α-hetero) is 1. The van der Waals surface area contributed by atoms with Crippen LogP contribution in [0.25, 0.3) is 0 Å². The van der Waals surface area contributed by atoms with E-state index in [0.717, 1.165) is 19.3 Å². The third-order valence-corrected chi connectivity index (χ3v) is 4.00. The molecule has 1 unspecified atom stereocenters. The number of carbonyl (C=O) groups excluding carboxylic acids is 2. The zero-order valence-corrected chi connectivity index (χ0v) is 11.8. The standard InChI is InChI=1S/C16H20FNO2/c1-2-12-3-8-16(20)18(10-9-12)11-15(19)13-4-6-14(17)7-5-13/h4-7,12H,2-3,8-11H2,1H3. The van der Waals surface area contributed by atoms with Crippen molar-refractivity contribution in [2.75, 3.05) is 13.1 Å². The molecule has 4 heteroatoms. The number of ketones is 1. The molecule has 1 atom stereocenters. The van der Waals surface area contributed by atoms with Gasteiger partial charge in [-0.3, -0.25) is 9.59 Å². The first-order valence-corrected chi connectivity index (χ1v) is 7.16. The summed E-state index contributed by atoms with van der Waals surface area (Å²) in [7, 11) is 0. The Hall–Kier alpha value is -1.71. The molecule has 1 heterocycles. The van der Waals surface area contributed by atoms with Gasteiger partial charge in [0.2, 0.25) is 5.91 Å². The fourth-order valence-electron chi connectivity index (χ4n) is 2.57. The van der Waals surface area contributed by atoms with Crippen LogP contribution in [-0.2, 0) is 4.79 Å². The molecule has 1 aromatic rings. The first-order chi connectivity index (χ1) is 9.60. The van der Waals surface area contributed by atoms with E-state index >= 15 is 0 Å². The summed E-state index contributed by atoms with van der Waals surface area (Å²) in [6.45, 7) is 2.87.